The summed E-state index contributed by atoms with van der Waals surface area (Å²) in [5.74, 6) is 1.30. The second-order valence-electron chi connectivity index (χ2n) is 4.47. The van der Waals surface area contributed by atoms with Gasteiger partial charge < -0.3 is 15.2 Å². The molecular formula is C13H18N4O. The van der Waals surface area contributed by atoms with E-state index < -0.39 is 0 Å². The van der Waals surface area contributed by atoms with Crippen LogP contribution < -0.4 is 5.73 Å². The van der Waals surface area contributed by atoms with Crippen LogP contribution in [0, 0.1) is 0 Å². The third-order valence-corrected chi connectivity index (χ3v) is 2.69. The molecular weight excluding hydrogens is 228 g/mol. The van der Waals surface area contributed by atoms with Crippen molar-refractivity contribution in [3.8, 4) is 11.5 Å². The van der Waals surface area contributed by atoms with E-state index in [1.54, 1.807) is 0 Å². The number of hydrogen-bond donors (Lipinski definition) is 1. The van der Waals surface area contributed by atoms with Crippen LogP contribution in [0.5, 0.6) is 0 Å². The van der Waals surface area contributed by atoms with Crippen molar-refractivity contribution in [2.45, 2.75) is 13.0 Å². The fraction of sp³-hybridized carbons (Fsp3) is 0.385. The lowest BCUT2D eigenvalue weighted by Gasteiger charge is -2.05. The zero-order valence-corrected chi connectivity index (χ0v) is 10.8. The van der Waals surface area contributed by atoms with Crippen molar-refractivity contribution in [1.82, 2.24) is 15.0 Å². The summed E-state index contributed by atoms with van der Waals surface area (Å²) in [6, 6.07) is 7.84. The minimum atomic E-state index is 0.540. The second-order valence-corrected chi connectivity index (χ2v) is 4.47. The average molecular weight is 246 g/mol. The quantitative estimate of drug-likeness (QED) is 0.861. The van der Waals surface area contributed by atoms with Crippen LogP contribution in [0.3, 0.4) is 0 Å². The minimum absolute atomic E-state index is 0.540. The molecule has 0 unspecified atom stereocenters. The molecule has 96 valence electrons. The highest BCUT2D eigenvalue weighted by Gasteiger charge is 2.08. The molecule has 1 heterocycles. The lowest BCUT2D eigenvalue weighted by atomic mass is 10.1. The fourth-order valence-corrected chi connectivity index (χ4v) is 1.58. The number of nitrogens with two attached hydrogens (primary N) is 1. The van der Waals surface area contributed by atoms with E-state index in [0.717, 1.165) is 29.9 Å². The van der Waals surface area contributed by atoms with Crippen LogP contribution in [0.15, 0.2) is 28.8 Å². The highest BCUT2D eigenvalue weighted by atomic mass is 16.5. The summed E-state index contributed by atoms with van der Waals surface area (Å²) in [7, 11) is 4.04. The molecule has 1 aromatic carbocycles. The van der Waals surface area contributed by atoms with Gasteiger partial charge in [0, 0.05) is 25.1 Å². The number of hydrogen-bond acceptors (Lipinski definition) is 5. The standard InChI is InChI=1S/C13H18N4O/c1-17(2)8-7-12-15-13(18-16-12)11-5-3-10(9-14)4-6-11/h3-6H,7-9,14H2,1-2H3. The van der Waals surface area contributed by atoms with Gasteiger partial charge in [0.05, 0.1) is 0 Å². The zero-order chi connectivity index (χ0) is 13.0. The predicted octanol–water partition coefficient (Wildman–Crippen LogP) is 1.30. The fourth-order valence-electron chi connectivity index (χ4n) is 1.58. The van der Waals surface area contributed by atoms with Crippen LogP contribution in [0.2, 0.25) is 0 Å². The smallest absolute Gasteiger partial charge is 0.257 e. The van der Waals surface area contributed by atoms with Crippen LogP contribution in [-0.4, -0.2) is 35.7 Å². The Bertz CT molecular complexity index is 490. The highest BCUT2D eigenvalue weighted by molar-refractivity contribution is 5.53. The summed E-state index contributed by atoms with van der Waals surface area (Å²) in [4.78, 5) is 6.46. The lowest BCUT2D eigenvalue weighted by Crippen LogP contribution is -2.15. The molecule has 0 bridgehead atoms. The summed E-state index contributed by atoms with van der Waals surface area (Å²) >= 11 is 0. The van der Waals surface area contributed by atoms with Gasteiger partial charge in [-0.2, -0.15) is 4.98 Å². The third-order valence-electron chi connectivity index (χ3n) is 2.69. The van der Waals surface area contributed by atoms with Gasteiger partial charge in [-0.15, -0.1) is 0 Å². The minimum Gasteiger partial charge on any atom is -0.334 e. The first-order valence-corrected chi connectivity index (χ1v) is 5.95. The Kier molecular flexibility index (Phi) is 4.07. The van der Waals surface area contributed by atoms with Crippen molar-refractivity contribution in [2.75, 3.05) is 20.6 Å². The van der Waals surface area contributed by atoms with Gasteiger partial charge in [-0.1, -0.05) is 17.3 Å². The summed E-state index contributed by atoms with van der Waals surface area (Å²) in [6.45, 7) is 1.45. The topological polar surface area (TPSA) is 68.2 Å². The normalized spacial score (nSPS) is 11.1. The van der Waals surface area contributed by atoms with Crippen LogP contribution in [-0.2, 0) is 13.0 Å². The summed E-state index contributed by atoms with van der Waals surface area (Å²) in [5.41, 5.74) is 7.57. The van der Waals surface area contributed by atoms with Gasteiger partial charge >= 0.3 is 0 Å². The Morgan fingerprint density at radius 3 is 2.56 bits per heavy atom. The van der Waals surface area contributed by atoms with Gasteiger partial charge in [0.2, 0.25) is 0 Å². The Morgan fingerprint density at radius 1 is 1.22 bits per heavy atom. The second kappa shape index (κ2) is 5.75. The van der Waals surface area contributed by atoms with Crippen LogP contribution in [0.1, 0.15) is 11.4 Å². The highest BCUT2D eigenvalue weighted by Crippen LogP contribution is 2.17. The molecule has 0 amide bonds. The maximum atomic E-state index is 5.55. The van der Waals surface area contributed by atoms with Gasteiger partial charge in [0.1, 0.15) is 0 Å². The lowest BCUT2D eigenvalue weighted by molar-refractivity contribution is 0.392. The van der Waals surface area contributed by atoms with Crippen molar-refractivity contribution in [3.05, 3.63) is 35.7 Å². The maximum Gasteiger partial charge on any atom is 0.257 e. The van der Waals surface area contributed by atoms with Gasteiger partial charge in [-0.3, -0.25) is 0 Å². The van der Waals surface area contributed by atoms with Crippen LogP contribution in [0.4, 0.5) is 0 Å². The van der Waals surface area contributed by atoms with Gasteiger partial charge in [-0.25, -0.2) is 0 Å². The number of rotatable bonds is 5. The number of aromatic nitrogens is 2. The van der Waals surface area contributed by atoms with Crippen molar-refractivity contribution in [3.63, 3.8) is 0 Å². The molecule has 5 nitrogen and oxygen atoms in total. The Morgan fingerprint density at radius 2 is 1.94 bits per heavy atom. The molecule has 2 aromatic rings. The molecule has 2 rings (SSSR count). The Balaban J connectivity index is 2.08. The molecule has 0 radical (unpaired) electrons. The molecule has 18 heavy (non-hydrogen) atoms. The largest absolute Gasteiger partial charge is 0.334 e. The molecule has 1 aromatic heterocycles. The van der Waals surface area contributed by atoms with E-state index in [9.17, 15) is 0 Å². The average Bonchev–Trinajstić information content (AvgIpc) is 2.85. The molecule has 0 atom stereocenters. The number of likely N-dealkylation sites (N-methyl/N-ethyl adjacent to an activating group) is 1. The first-order valence-electron chi connectivity index (χ1n) is 5.95. The number of nitrogens with zero attached hydrogens (tertiary/aromatic N) is 3. The van der Waals surface area contributed by atoms with E-state index in [1.807, 2.05) is 38.4 Å². The van der Waals surface area contributed by atoms with Crippen LogP contribution in [0.25, 0.3) is 11.5 Å². The van der Waals surface area contributed by atoms with Gasteiger partial charge in [0.25, 0.3) is 5.89 Å². The van der Waals surface area contributed by atoms with E-state index in [0.29, 0.717) is 12.4 Å². The van der Waals surface area contributed by atoms with Crippen molar-refractivity contribution in [1.29, 1.82) is 0 Å². The first kappa shape index (κ1) is 12.7. The molecule has 0 saturated heterocycles. The van der Waals surface area contributed by atoms with Crippen molar-refractivity contribution >= 4 is 0 Å². The molecule has 0 fully saturated rings. The summed E-state index contributed by atoms with van der Waals surface area (Å²) in [6.07, 6.45) is 0.789. The molecule has 0 aliphatic rings. The van der Waals surface area contributed by atoms with E-state index in [-0.39, 0.29) is 0 Å². The van der Waals surface area contributed by atoms with Gasteiger partial charge in [-0.05, 0) is 31.8 Å². The SMILES string of the molecule is CN(C)CCc1noc(-c2ccc(CN)cc2)n1. The van der Waals surface area contributed by atoms with Crippen LogP contribution >= 0.6 is 0 Å². The summed E-state index contributed by atoms with van der Waals surface area (Å²) in [5, 5.41) is 3.97. The van der Waals surface area contributed by atoms with E-state index in [1.165, 1.54) is 0 Å². The third kappa shape index (κ3) is 3.15. The monoisotopic (exact) mass is 246 g/mol. The molecule has 0 aliphatic carbocycles. The van der Waals surface area contributed by atoms with Crippen molar-refractivity contribution in [2.24, 2.45) is 5.73 Å². The van der Waals surface area contributed by atoms with Gasteiger partial charge in [0.15, 0.2) is 5.82 Å². The van der Waals surface area contributed by atoms with E-state index >= 15 is 0 Å². The predicted molar refractivity (Wildman–Crippen MR) is 69.9 cm³/mol. The van der Waals surface area contributed by atoms with E-state index in [2.05, 4.69) is 15.0 Å². The first-order chi connectivity index (χ1) is 8.69. The molecule has 0 spiro atoms. The Labute approximate surface area is 107 Å². The molecule has 0 saturated carbocycles. The molecule has 5 heteroatoms. The Hall–Kier alpha value is -1.72. The summed E-state index contributed by atoms with van der Waals surface area (Å²) < 4.78 is 5.25. The molecule has 2 N–H and O–H groups in total. The number of benzene rings is 1. The zero-order valence-electron chi connectivity index (χ0n) is 10.8. The molecule has 0 aliphatic heterocycles. The van der Waals surface area contributed by atoms with E-state index in [4.69, 9.17) is 10.3 Å². The van der Waals surface area contributed by atoms with Crippen molar-refractivity contribution < 1.29 is 4.52 Å². The maximum absolute atomic E-state index is 5.55.